The number of aromatic nitrogens is 3. The Morgan fingerprint density at radius 3 is 2.39 bits per heavy atom. The summed E-state index contributed by atoms with van der Waals surface area (Å²) in [6.45, 7) is 0. The average molecular weight is 305 g/mol. The van der Waals surface area contributed by atoms with E-state index in [0.717, 1.165) is 11.3 Å². The van der Waals surface area contributed by atoms with Gasteiger partial charge >= 0.3 is 0 Å². The molecule has 0 bridgehead atoms. The first kappa shape index (κ1) is 13.5. The number of hydrogen-bond acceptors (Lipinski definition) is 2. The van der Waals surface area contributed by atoms with E-state index in [1.807, 2.05) is 36.5 Å². The summed E-state index contributed by atoms with van der Waals surface area (Å²) in [6, 6.07) is 15.5. The molecule has 0 N–H and O–H groups in total. The number of benzene rings is 2. The topological polar surface area (TPSA) is 39.3 Å². The molecule has 0 radical (unpaired) electrons. The summed E-state index contributed by atoms with van der Waals surface area (Å²) in [7, 11) is 0. The summed E-state index contributed by atoms with van der Waals surface area (Å²) in [5.74, 6) is -0.338. The SMILES string of the molecule is O=c1c2nc(-c3ccccc3)cn2ccn1-c1ccc(F)cc1. The molecule has 0 aliphatic heterocycles. The molecule has 0 unspecified atom stereocenters. The lowest BCUT2D eigenvalue weighted by molar-refractivity contribution is 0.627. The molecule has 4 rings (SSSR count). The van der Waals surface area contributed by atoms with Crippen molar-refractivity contribution in [3.63, 3.8) is 0 Å². The van der Waals surface area contributed by atoms with Gasteiger partial charge in [0, 0.05) is 29.8 Å². The summed E-state index contributed by atoms with van der Waals surface area (Å²) >= 11 is 0. The monoisotopic (exact) mass is 305 g/mol. The van der Waals surface area contributed by atoms with E-state index < -0.39 is 0 Å². The van der Waals surface area contributed by atoms with Crippen molar-refractivity contribution < 1.29 is 4.39 Å². The van der Waals surface area contributed by atoms with Crippen molar-refractivity contribution >= 4 is 5.65 Å². The molecule has 2 heterocycles. The van der Waals surface area contributed by atoms with Crippen molar-refractivity contribution in [1.29, 1.82) is 0 Å². The van der Waals surface area contributed by atoms with Crippen LogP contribution < -0.4 is 5.56 Å². The Bertz CT molecular complexity index is 1030. The highest BCUT2D eigenvalue weighted by atomic mass is 19.1. The molecule has 112 valence electrons. The third kappa shape index (κ3) is 2.32. The average Bonchev–Trinajstić information content (AvgIpc) is 3.02. The van der Waals surface area contributed by atoms with Gasteiger partial charge < -0.3 is 4.40 Å². The van der Waals surface area contributed by atoms with Crippen LogP contribution in [0.2, 0.25) is 0 Å². The molecule has 0 amide bonds. The zero-order valence-corrected chi connectivity index (χ0v) is 12.1. The third-order valence-corrected chi connectivity index (χ3v) is 3.69. The molecule has 0 aliphatic rings. The first-order valence-electron chi connectivity index (χ1n) is 7.14. The molecule has 0 fully saturated rings. The largest absolute Gasteiger partial charge is 0.300 e. The molecule has 4 nitrogen and oxygen atoms in total. The van der Waals surface area contributed by atoms with Crippen LogP contribution in [0.5, 0.6) is 0 Å². The standard InChI is InChI=1S/C18H12FN3O/c19-14-6-8-15(9-7-14)22-11-10-21-12-16(20-17(21)18(22)23)13-4-2-1-3-5-13/h1-12H. The molecule has 23 heavy (non-hydrogen) atoms. The van der Waals surface area contributed by atoms with Gasteiger partial charge in [0.2, 0.25) is 5.65 Å². The summed E-state index contributed by atoms with van der Waals surface area (Å²) in [5.41, 5.74) is 2.36. The zero-order chi connectivity index (χ0) is 15.8. The van der Waals surface area contributed by atoms with Gasteiger partial charge in [-0.2, -0.15) is 0 Å². The van der Waals surface area contributed by atoms with Gasteiger partial charge in [-0.1, -0.05) is 30.3 Å². The molecule has 0 aliphatic carbocycles. The highest BCUT2D eigenvalue weighted by molar-refractivity contribution is 5.62. The van der Waals surface area contributed by atoms with Gasteiger partial charge in [0.25, 0.3) is 5.56 Å². The second-order valence-electron chi connectivity index (χ2n) is 5.17. The molecule has 0 saturated heterocycles. The minimum Gasteiger partial charge on any atom is -0.300 e. The van der Waals surface area contributed by atoms with E-state index in [1.54, 1.807) is 28.9 Å². The maximum atomic E-state index is 13.0. The van der Waals surface area contributed by atoms with Crippen molar-refractivity contribution in [3.05, 3.63) is 89.4 Å². The van der Waals surface area contributed by atoms with Gasteiger partial charge in [-0.3, -0.25) is 9.36 Å². The smallest absolute Gasteiger partial charge is 0.298 e. The lowest BCUT2D eigenvalue weighted by Crippen LogP contribution is -2.19. The number of fused-ring (bicyclic) bond motifs is 1. The third-order valence-electron chi connectivity index (χ3n) is 3.69. The summed E-state index contributed by atoms with van der Waals surface area (Å²) in [4.78, 5) is 17.1. The van der Waals surface area contributed by atoms with E-state index in [2.05, 4.69) is 4.98 Å². The van der Waals surface area contributed by atoms with Crippen LogP contribution in [0, 0.1) is 5.82 Å². The summed E-state index contributed by atoms with van der Waals surface area (Å²) in [6.07, 6.45) is 5.24. The van der Waals surface area contributed by atoms with Crippen LogP contribution in [0.3, 0.4) is 0 Å². The van der Waals surface area contributed by atoms with E-state index in [9.17, 15) is 9.18 Å². The fourth-order valence-corrected chi connectivity index (χ4v) is 2.53. The van der Waals surface area contributed by atoms with Crippen LogP contribution in [0.4, 0.5) is 4.39 Å². The van der Waals surface area contributed by atoms with Gasteiger partial charge in [0.15, 0.2) is 0 Å². The van der Waals surface area contributed by atoms with Gasteiger partial charge in [0.1, 0.15) is 5.82 Å². The van der Waals surface area contributed by atoms with E-state index in [-0.39, 0.29) is 11.4 Å². The van der Waals surface area contributed by atoms with E-state index in [1.165, 1.54) is 16.7 Å². The number of nitrogens with zero attached hydrogens (tertiary/aromatic N) is 3. The Labute approximate surface area is 131 Å². The molecular weight excluding hydrogens is 293 g/mol. The molecular formula is C18H12FN3O. The number of hydrogen-bond donors (Lipinski definition) is 0. The van der Waals surface area contributed by atoms with E-state index in [0.29, 0.717) is 11.3 Å². The summed E-state index contributed by atoms with van der Waals surface area (Å²) in [5, 5.41) is 0. The Morgan fingerprint density at radius 1 is 0.913 bits per heavy atom. The Balaban J connectivity index is 1.89. The second-order valence-corrected chi connectivity index (χ2v) is 5.17. The molecule has 0 atom stereocenters. The van der Waals surface area contributed by atoms with E-state index in [4.69, 9.17) is 0 Å². The highest BCUT2D eigenvalue weighted by Crippen LogP contribution is 2.17. The van der Waals surface area contributed by atoms with Crippen molar-refractivity contribution in [2.24, 2.45) is 0 Å². The van der Waals surface area contributed by atoms with Crippen LogP contribution in [0.1, 0.15) is 0 Å². The second kappa shape index (κ2) is 5.21. The number of imidazole rings is 1. The highest BCUT2D eigenvalue weighted by Gasteiger charge is 2.10. The van der Waals surface area contributed by atoms with Gasteiger partial charge in [0.05, 0.1) is 5.69 Å². The Kier molecular flexibility index (Phi) is 3.05. The lowest BCUT2D eigenvalue weighted by Gasteiger charge is -2.05. The number of rotatable bonds is 2. The fourth-order valence-electron chi connectivity index (χ4n) is 2.53. The van der Waals surface area contributed by atoms with Crippen molar-refractivity contribution in [1.82, 2.24) is 14.0 Å². The normalized spacial score (nSPS) is 11.0. The predicted molar refractivity (Wildman–Crippen MR) is 86.2 cm³/mol. The fraction of sp³-hybridized carbons (Fsp3) is 0. The maximum absolute atomic E-state index is 13.0. The van der Waals surface area contributed by atoms with Crippen molar-refractivity contribution in [2.45, 2.75) is 0 Å². The first-order valence-corrected chi connectivity index (χ1v) is 7.14. The van der Waals surface area contributed by atoms with Gasteiger partial charge in [-0.25, -0.2) is 9.37 Å². The molecule has 5 heteroatoms. The van der Waals surface area contributed by atoms with Crippen LogP contribution in [-0.4, -0.2) is 14.0 Å². The minimum atomic E-state index is -0.338. The first-order chi connectivity index (χ1) is 11.2. The van der Waals surface area contributed by atoms with Crippen LogP contribution in [-0.2, 0) is 0 Å². The quantitative estimate of drug-likeness (QED) is 0.570. The number of halogens is 1. The molecule has 4 aromatic rings. The molecule has 2 aromatic heterocycles. The Hall–Kier alpha value is -3.21. The summed E-state index contributed by atoms with van der Waals surface area (Å²) < 4.78 is 16.2. The van der Waals surface area contributed by atoms with Crippen LogP contribution in [0.15, 0.2) is 78.0 Å². The Morgan fingerprint density at radius 2 is 1.65 bits per heavy atom. The van der Waals surface area contributed by atoms with E-state index >= 15 is 0 Å². The molecule has 0 saturated carbocycles. The van der Waals surface area contributed by atoms with Gasteiger partial charge in [-0.15, -0.1) is 0 Å². The maximum Gasteiger partial charge on any atom is 0.298 e. The van der Waals surface area contributed by atoms with Crippen LogP contribution >= 0.6 is 0 Å². The van der Waals surface area contributed by atoms with Crippen molar-refractivity contribution in [2.75, 3.05) is 0 Å². The van der Waals surface area contributed by atoms with Crippen LogP contribution in [0.25, 0.3) is 22.6 Å². The molecule has 2 aromatic carbocycles. The zero-order valence-electron chi connectivity index (χ0n) is 12.1. The minimum absolute atomic E-state index is 0.249. The van der Waals surface area contributed by atoms with Crippen molar-refractivity contribution in [3.8, 4) is 16.9 Å². The molecule has 0 spiro atoms. The lowest BCUT2D eigenvalue weighted by atomic mass is 10.2. The van der Waals surface area contributed by atoms with Gasteiger partial charge in [-0.05, 0) is 24.3 Å². The predicted octanol–water partition coefficient (Wildman–Crippen LogP) is 3.29.